The zero-order valence-corrected chi connectivity index (χ0v) is 13.4. The van der Waals surface area contributed by atoms with Crippen molar-refractivity contribution in [1.29, 1.82) is 0 Å². The number of hydrogen-bond donors (Lipinski definition) is 2. The van der Waals surface area contributed by atoms with Crippen molar-refractivity contribution in [1.82, 2.24) is 0 Å². The molecule has 6 heteroatoms. The van der Waals surface area contributed by atoms with Gasteiger partial charge in [0.05, 0.1) is 24.5 Å². The number of hydrogen-bond acceptors (Lipinski definition) is 6. The number of aromatic hydroxyl groups is 2. The van der Waals surface area contributed by atoms with Crippen LogP contribution >= 0.6 is 0 Å². The van der Waals surface area contributed by atoms with E-state index in [4.69, 9.17) is 9.15 Å². The summed E-state index contributed by atoms with van der Waals surface area (Å²) in [4.78, 5) is 24.3. The number of fused-ring (bicyclic) bond motifs is 1. The Hall–Kier alpha value is -3.28. The van der Waals surface area contributed by atoms with Crippen molar-refractivity contribution in [2.24, 2.45) is 0 Å². The Kier molecular flexibility index (Phi) is 4.43. The molecule has 0 aliphatic rings. The molecule has 1 heterocycles. The number of phenolic OH excluding ortho intramolecular Hbond substituents is 1. The molecule has 0 amide bonds. The van der Waals surface area contributed by atoms with Crippen molar-refractivity contribution < 1.29 is 24.2 Å². The Balaban J connectivity index is 2.24. The average Bonchev–Trinajstić information content (AvgIpc) is 2.60. The maximum atomic E-state index is 12.5. The van der Waals surface area contributed by atoms with E-state index < -0.39 is 17.5 Å². The highest BCUT2D eigenvalue weighted by molar-refractivity contribution is 5.84. The number of phenols is 1. The van der Waals surface area contributed by atoms with E-state index in [9.17, 15) is 19.8 Å². The zero-order chi connectivity index (χ0) is 18.0. The number of methoxy groups -OCH3 is 1. The smallest absolute Gasteiger partial charge is 0.343 e. The number of esters is 1. The van der Waals surface area contributed by atoms with Gasteiger partial charge in [-0.1, -0.05) is 24.3 Å². The van der Waals surface area contributed by atoms with E-state index in [1.165, 1.54) is 19.2 Å². The third-order valence-electron chi connectivity index (χ3n) is 4.04. The number of carbonyl (C=O) groups is 1. The second-order valence-electron chi connectivity index (χ2n) is 5.58. The maximum Gasteiger partial charge on any atom is 0.343 e. The zero-order valence-electron chi connectivity index (χ0n) is 13.4. The molecule has 1 aromatic heterocycles. The highest BCUT2D eigenvalue weighted by Crippen LogP contribution is 2.36. The van der Waals surface area contributed by atoms with Crippen LogP contribution in [-0.2, 0) is 9.53 Å². The number of carbonyl (C=O) groups excluding carboxylic acids is 1. The van der Waals surface area contributed by atoms with Crippen LogP contribution in [0.2, 0.25) is 0 Å². The van der Waals surface area contributed by atoms with E-state index in [0.29, 0.717) is 10.9 Å². The van der Waals surface area contributed by atoms with Crippen molar-refractivity contribution in [3.63, 3.8) is 0 Å². The molecule has 0 saturated carbocycles. The molecule has 1 unspecified atom stereocenters. The number of benzene rings is 2. The van der Waals surface area contributed by atoms with Crippen molar-refractivity contribution in [2.75, 3.05) is 7.11 Å². The molecule has 0 bridgehead atoms. The predicted octanol–water partition coefficient (Wildman–Crippen LogP) is 2.90. The van der Waals surface area contributed by atoms with E-state index in [-0.39, 0.29) is 29.1 Å². The summed E-state index contributed by atoms with van der Waals surface area (Å²) in [5, 5.41) is 20.7. The second-order valence-corrected chi connectivity index (χ2v) is 5.58. The fourth-order valence-corrected chi connectivity index (χ4v) is 2.83. The molecule has 25 heavy (non-hydrogen) atoms. The van der Waals surface area contributed by atoms with Gasteiger partial charge in [0.15, 0.2) is 0 Å². The molecule has 1 atom stereocenters. The van der Waals surface area contributed by atoms with Gasteiger partial charge in [0.1, 0.15) is 17.1 Å². The summed E-state index contributed by atoms with van der Waals surface area (Å²) in [6.07, 6.45) is -0.184. The van der Waals surface area contributed by atoms with Crippen LogP contribution in [0.15, 0.2) is 57.7 Å². The number of para-hydroxylation sites is 1. The SMILES string of the molecule is COC(=O)CC(c1cccc(O)c1)c1c(O)c2ccccc2oc1=O. The number of rotatable bonds is 4. The molecule has 0 radical (unpaired) electrons. The molecule has 2 N–H and O–H groups in total. The van der Waals surface area contributed by atoms with Crippen LogP contribution in [0, 0.1) is 0 Å². The maximum absolute atomic E-state index is 12.5. The van der Waals surface area contributed by atoms with Gasteiger partial charge in [-0.2, -0.15) is 0 Å². The van der Waals surface area contributed by atoms with Crippen molar-refractivity contribution in [3.8, 4) is 11.5 Å². The molecule has 3 aromatic rings. The Morgan fingerprint density at radius 2 is 1.92 bits per heavy atom. The molecule has 0 saturated heterocycles. The minimum absolute atomic E-state index is 0.0166. The third-order valence-corrected chi connectivity index (χ3v) is 4.04. The molecule has 2 aromatic carbocycles. The van der Waals surface area contributed by atoms with Gasteiger partial charge in [0, 0.05) is 5.92 Å². The highest BCUT2D eigenvalue weighted by Gasteiger charge is 2.27. The molecular formula is C19H16O6. The molecule has 3 rings (SSSR count). The fourth-order valence-electron chi connectivity index (χ4n) is 2.83. The third kappa shape index (κ3) is 3.19. The normalized spacial score (nSPS) is 12.0. The molecular weight excluding hydrogens is 324 g/mol. The summed E-state index contributed by atoms with van der Waals surface area (Å²) in [5.41, 5.74) is -0.0482. The summed E-state index contributed by atoms with van der Waals surface area (Å²) < 4.78 is 10.00. The van der Waals surface area contributed by atoms with Crippen LogP contribution in [0.3, 0.4) is 0 Å². The minimum Gasteiger partial charge on any atom is -0.508 e. The summed E-state index contributed by atoms with van der Waals surface area (Å²) in [6.45, 7) is 0. The second kappa shape index (κ2) is 6.68. The van der Waals surface area contributed by atoms with Crippen LogP contribution in [0.4, 0.5) is 0 Å². The lowest BCUT2D eigenvalue weighted by Crippen LogP contribution is -2.18. The molecule has 0 aliphatic carbocycles. The van der Waals surface area contributed by atoms with Gasteiger partial charge in [-0.05, 0) is 29.8 Å². The minimum atomic E-state index is -0.819. The first-order chi connectivity index (χ1) is 12.0. The van der Waals surface area contributed by atoms with Gasteiger partial charge in [-0.15, -0.1) is 0 Å². The Labute approximate surface area is 142 Å². The topological polar surface area (TPSA) is 97.0 Å². The standard InChI is InChI=1S/C19H16O6/c1-24-16(21)10-14(11-5-4-6-12(20)9-11)17-18(22)13-7-2-3-8-15(13)25-19(17)23/h2-9,14,20,22H,10H2,1H3. The van der Waals surface area contributed by atoms with Crippen LogP contribution < -0.4 is 5.63 Å². The van der Waals surface area contributed by atoms with Crippen LogP contribution in [0.5, 0.6) is 11.5 Å². The summed E-state index contributed by atoms with van der Waals surface area (Å²) in [6, 6.07) is 12.7. The van der Waals surface area contributed by atoms with Crippen LogP contribution in [0.25, 0.3) is 11.0 Å². The lowest BCUT2D eigenvalue weighted by Gasteiger charge is -2.17. The first-order valence-corrected chi connectivity index (χ1v) is 7.61. The lowest BCUT2D eigenvalue weighted by molar-refractivity contribution is -0.140. The first kappa shape index (κ1) is 16.6. The van der Waals surface area contributed by atoms with Gasteiger partial charge in [-0.25, -0.2) is 4.79 Å². The summed E-state index contributed by atoms with van der Waals surface area (Å²) in [7, 11) is 1.24. The quantitative estimate of drug-likeness (QED) is 0.560. The van der Waals surface area contributed by atoms with Crippen molar-refractivity contribution in [2.45, 2.75) is 12.3 Å². The highest BCUT2D eigenvalue weighted by atomic mass is 16.5. The molecule has 0 spiro atoms. The van der Waals surface area contributed by atoms with E-state index in [1.807, 2.05) is 0 Å². The first-order valence-electron chi connectivity index (χ1n) is 7.61. The molecule has 6 nitrogen and oxygen atoms in total. The Morgan fingerprint density at radius 1 is 1.16 bits per heavy atom. The summed E-state index contributed by atoms with van der Waals surface area (Å²) >= 11 is 0. The van der Waals surface area contributed by atoms with Gasteiger partial charge in [-0.3, -0.25) is 4.79 Å². The summed E-state index contributed by atoms with van der Waals surface area (Å²) in [5.74, 6) is -1.64. The van der Waals surface area contributed by atoms with E-state index >= 15 is 0 Å². The van der Waals surface area contributed by atoms with Gasteiger partial charge in [0.25, 0.3) is 0 Å². The van der Waals surface area contributed by atoms with Gasteiger partial charge < -0.3 is 19.4 Å². The van der Waals surface area contributed by atoms with Crippen LogP contribution in [0.1, 0.15) is 23.5 Å². The van der Waals surface area contributed by atoms with E-state index in [1.54, 1.807) is 36.4 Å². The lowest BCUT2D eigenvalue weighted by atomic mass is 9.88. The monoisotopic (exact) mass is 340 g/mol. The molecule has 0 fully saturated rings. The van der Waals surface area contributed by atoms with E-state index in [2.05, 4.69) is 0 Å². The largest absolute Gasteiger partial charge is 0.508 e. The predicted molar refractivity (Wildman–Crippen MR) is 90.7 cm³/mol. The van der Waals surface area contributed by atoms with Crippen molar-refractivity contribution in [3.05, 3.63) is 70.1 Å². The molecule has 128 valence electrons. The van der Waals surface area contributed by atoms with Gasteiger partial charge in [0.2, 0.25) is 0 Å². The molecule has 0 aliphatic heterocycles. The van der Waals surface area contributed by atoms with Crippen LogP contribution in [-0.4, -0.2) is 23.3 Å². The fraction of sp³-hybridized carbons (Fsp3) is 0.158. The Morgan fingerprint density at radius 3 is 2.64 bits per heavy atom. The van der Waals surface area contributed by atoms with Gasteiger partial charge >= 0.3 is 11.6 Å². The van der Waals surface area contributed by atoms with Crippen molar-refractivity contribution >= 4 is 16.9 Å². The average molecular weight is 340 g/mol. The van der Waals surface area contributed by atoms with E-state index in [0.717, 1.165) is 0 Å². The Bertz CT molecular complexity index is 989. The number of ether oxygens (including phenoxy) is 1.